The number of benzene rings is 1. The van der Waals surface area contributed by atoms with Gasteiger partial charge in [0.1, 0.15) is 5.82 Å². The first-order valence-corrected chi connectivity index (χ1v) is 6.76. The van der Waals surface area contributed by atoms with Gasteiger partial charge >= 0.3 is 0 Å². The second-order valence-corrected chi connectivity index (χ2v) is 5.77. The van der Waals surface area contributed by atoms with Crippen LogP contribution in [0, 0.1) is 17.2 Å². The highest BCUT2D eigenvalue weighted by Crippen LogP contribution is 2.41. The van der Waals surface area contributed by atoms with Gasteiger partial charge in [-0.25, -0.2) is 4.39 Å². The van der Waals surface area contributed by atoms with Crippen molar-refractivity contribution in [2.75, 3.05) is 40.0 Å². The molecule has 2 saturated heterocycles. The second kappa shape index (κ2) is 5.19. The minimum absolute atomic E-state index is 0.111. The van der Waals surface area contributed by atoms with Gasteiger partial charge in [0.2, 0.25) is 0 Å². The zero-order valence-corrected chi connectivity index (χ0v) is 11.3. The Bertz CT molecular complexity index is 454. The summed E-state index contributed by atoms with van der Waals surface area (Å²) in [5.74, 6) is 0.399. The molecule has 104 valence electrons. The third-order valence-electron chi connectivity index (χ3n) is 4.38. The van der Waals surface area contributed by atoms with Crippen molar-refractivity contribution in [2.45, 2.75) is 6.54 Å². The quantitative estimate of drug-likeness (QED) is 0.830. The lowest BCUT2D eigenvalue weighted by atomic mass is 9.82. The van der Waals surface area contributed by atoms with Crippen molar-refractivity contribution in [3.05, 3.63) is 35.6 Å². The molecule has 0 amide bonds. The summed E-state index contributed by atoms with van der Waals surface area (Å²) < 4.78 is 24.7. The van der Waals surface area contributed by atoms with Crippen molar-refractivity contribution in [3.63, 3.8) is 0 Å². The Labute approximate surface area is 113 Å². The van der Waals surface area contributed by atoms with E-state index in [1.54, 1.807) is 13.2 Å². The summed E-state index contributed by atoms with van der Waals surface area (Å²) in [5.41, 5.74) is 0.885. The van der Waals surface area contributed by atoms with E-state index in [0.717, 1.165) is 38.5 Å². The van der Waals surface area contributed by atoms with Crippen LogP contribution in [0.5, 0.6) is 0 Å². The zero-order chi connectivity index (χ0) is 13.3. The molecule has 19 heavy (non-hydrogen) atoms. The van der Waals surface area contributed by atoms with Gasteiger partial charge in [0, 0.05) is 43.6 Å². The molecule has 2 aliphatic rings. The van der Waals surface area contributed by atoms with Crippen LogP contribution in [0.2, 0.25) is 0 Å². The Balaban J connectivity index is 1.70. The van der Waals surface area contributed by atoms with Gasteiger partial charge in [0.25, 0.3) is 0 Å². The van der Waals surface area contributed by atoms with Gasteiger partial charge < -0.3 is 9.47 Å². The number of fused-ring (bicyclic) bond motifs is 1. The number of likely N-dealkylation sites (tertiary alicyclic amines) is 1. The Morgan fingerprint density at radius 3 is 3.11 bits per heavy atom. The number of halogens is 1. The lowest BCUT2D eigenvalue weighted by Gasteiger charge is -2.26. The van der Waals surface area contributed by atoms with Gasteiger partial charge in [-0.05, 0) is 6.07 Å². The fraction of sp³-hybridized carbons (Fsp3) is 0.600. The van der Waals surface area contributed by atoms with Crippen LogP contribution in [0.15, 0.2) is 24.3 Å². The monoisotopic (exact) mass is 265 g/mol. The molecule has 0 spiro atoms. The van der Waals surface area contributed by atoms with Crippen molar-refractivity contribution < 1.29 is 13.9 Å². The molecular weight excluding hydrogens is 245 g/mol. The first-order chi connectivity index (χ1) is 9.23. The van der Waals surface area contributed by atoms with E-state index in [4.69, 9.17) is 9.47 Å². The maximum Gasteiger partial charge on any atom is 0.127 e. The van der Waals surface area contributed by atoms with E-state index in [2.05, 4.69) is 4.90 Å². The molecule has 2 atom stereocenters. The summed E-state index contributed by atoms with van der Waals surface area (Å²) in [6.45, 7) is 4.87. The molecular formula is C15H20FNO2. The fourth-order valence-corrected chi connectivity index (χ4v) is 3.42. The van der Waals surface area contributed by atoms with Crippen LogP contribution < -0.4 is 0 Å². The van der Waals surface area contributed by atoms with Crippen molar-refractivity contribution in [1.29, 1.82) is 0 Å². The van der Waals surface area contributed by atoms with Crippen LogP contribution in [-0.2, 0) is 16.0 Å². The summed E-state index contributed by atoms with van der Waals surface area (Å²) in [6, 6.07) is 7.02. The lowest BCUT2D eigenvalue weighted by molar-refractivity contribution is 0.0532. The highest BCUT2D eigenvalue weighted by molar-refractivity contribution is 5.17. The van der Waals surface area contributed by atoms with E-state index in [1.165, 1.54) is 6.07 Å². The maximum absolute atomic E-state index is 13.7. The lowest BCUT2D eigenvalue weighted by Crippen LogP contribution is -2.35. The van der Waals surface area contributed by atoms with Crippen LogP contribution in [0.1, 0.15) is 5.56 Å². The third kappa shape index (κ3) is 2.40. The SMILES string of the molecule is COC[C@@]12COC[C@@H]1CN(Cc1ccccc1F)C2. The van der Waals surface area contributed by atoms with Crippen LogP contribution in [0.4, 0.5) is 4.39 Å². The molecule has 3 nitrogen and oxygen atoms in total. The second-order valence-electron chi connectivity index (χ2n) is 5.77. The Kier molecular flexibility index (Phi) is 3.56. The molecule has 4 heteroatoms. The fourth-order valence-electron chi connectivity index (χ4n) is 3.42. The molecule has 3 rings (SSSR count). The average molecular weight is 265 g/mol. The summed E-state index contributed by atoms with van der Waals surface area (Å²) >= 11 is 0. The minimum Gasteiger partial charge on any atom is -0.384 e. The molecule has 0 bridgehead atoms. The standard InChI is InChI=1S/C15H20FNO2/c1-18-10-15-9-17(7-13(15)8-19-11-15)6-12-4-2-3-5-14(12)16/h2-5,13H,6-11H2,1H3/t13-,15-/m0/s1. The van der Waals surface area contributed by atoms with Gasteiger partial charge in [-0.3, -0.25) is 4.90 Å². The molecule has 2 heterocycles. The summed E-state index contributed by atoms with van der Waals surface area (Å²) in [4.78, 5) is 2.32. The summed E-state index contributed by atoms with van der Waals surface area (Å²) in [6.07, 6.45) is 0. The normalized spacial score (nSPS) is 30.7. The maximum atomic E-state index is 13.7. The van der Waals surface area contributed by atoms with Crippen molar-refractivity contribution in [1.82, 2.24) is 4.90 Å². The van der Waals surface area contributed by atoms with E-state index < -0.39 is 0 Å². The molecule has 0 N–H and O–H groups in total. The van der Waals surface area contributed by atoms with Crippen LogP contribution in [-0.4, -0.2) is 44.9 Å². The van der Waals surface area contributed by atoms with E-state index in [9.17, 15) is 4.39 Å². The summed E-state index contributed by atoms with van der Waals surface area (Å²) in [5, 5.41) is 0. The number of methoxy groups -OCH3 is 1. The van der Waals surface area contributed by atoms with Crippen molar-refractivity contribution in [2.24, 2.45) is 11.3 Å². The molecule has 0 aliphatic carbocycles. The highest BCUT2D eigenvalue weighted by Gasteiger charge is 2.50. The van der Waals surface area contributed by atoms with Crippen molar-refractivity contribution >= 4 is 0 Å². The van der Waals surface area contributed by atoms with E-state index >= 15 is 0 Å². The number of hydrogen-bond donors (Lipinski definition) is 0. The topological polar surface area (TPSA) is 21.7 Å². The molecule has 0 unspecified atom stereocenters. The number of ether oxygens (including phenoxy) is 2. The Morgan fingerprint density at radius 1 is 1.47 bits per heavy atom. The van der Waals surface area contributed by atoms with Gasteiger partial charge in [0.05, 0.1) is 19.8 Å². The predicted molar refractivity (Wildman–Crippen MR) is 70.3 cm³/mol. The number of rotatable bonds is 4. The van der Waals surface area contributed by atoms with Crippen LogP contribution in [0.25, 0.3) is 0 Å². The van der Waals surface area contributed by atoms with Crippen LogP contribution in [0.3, 0.4) is 0 Å². The first-order valence-electron chi connectivity index (χ1n) is 6.76. The largest absolute Gasteiger partial charge is 0.384 e. The highest BCUT2D eigenvalue weighted by atomic mass is 19.1. The minimum atomic E-state index is -0.114. The predicted octanol–water partition coefficient (Wildman–Crippen LogP) is 1.92. The Hall–Kier alpha value is -0.970. The molecule has 0 aromatic heterocycles. The van der Waals surface area contributed by atoms with E-state index in [-0.39, 0.29) is 11.2 Å². The van der Waals surface area contributed by atoms with Crippen molar-refractivity contribution in [3.8, 4) is 0 Å². The van der Waals surface area contributed by atoms with E-state index in [1.807, 2.05) is 12.1 Å². The Morgan fingerprint density at radius 2 is 2.32 bits per heavy atom. The van der Waals surface area contributed by atoms with Gasteiger partial charge in [0.15, 0.2) is 0 Å². The number of hydrogen-bond acceptors (Lipinski definition) is 3. The van der Waals surface area contributed by atoms with Gasteiger partial charge in [-0.1, -0.05) is 18.2 Å². The molecule has 0 radical (unpaired) electrons. The average Bonchev–Trinajstić information content (AvgIpc) is 2.89. The smallest absolute Gasteiger partial charge is 0.127 e. The van der Waals surface area contributed by atoms with Gasteiger partial charge in [-0.15, -0.1) is 0 Å². The number of nitrogens with zero attached hydrogens (tertiary/aromatic N) is 1. The van der Waals surface area contributed by atoms with Gasteiger partial charge in [-0.2, -0.15) is 0 Å². The zero-order valence-electron chi connectivity index (χ0n) is 11.3. The third-order valence-corrected chi connectivity index (χ3v) is 4.38. The summed E-state index contributed by atoms with van der Waals surface area (Å²) in [7, 11) is 1.74. The molecule has 1 aromatic rings. The molecule has 2 aliphatic heterocycles. The molecule has 0 saturated carbocycles. The van der Waals surface area contributed by atoms with Crippen LogP contribution >= 0.6 is 0 Å². The molecule has 2 fully saturated rings. The molecule has 1 aromatic carbocycles. The first kappa shape index (κ1) is 13.0. The van der Waals surface area contributed by atoms with E-state index in [0.29, 0.717) is 12.5 Å².